The molecule has 1 saturated heterocycles. The summed E-state index contributed by atoms with van der Waals surface area (Å²) in [5.74, 6) is 0.799. The Morgan fingerprint density at radius 1 is 1.41 bits per heavy atom. The van der Waals surface area contributed by atoms with Gasteiger partial charge in [-0.05, 0) is 55.1 Å². The summed E-state index contributed by atoms with van der Waals surface area (Å²) >= 11 is 0. The smallest absolute Gasteiger partial charge is 0.137 e. The molecule has 90 valence electrons. The highest BCUT2D eigenvalue weighted by molar-refractivity contribution is 5.78. The molecule has 2 nitrogen and oxygen atoms in total. The fraction of sp³-hybridized carbons (Fsp3) is 0.429. The predicted octanol–water partition coefficient (Wildman–Crippen LogP) is 3.28. The Hall–Kier alpha value is -1.35. The van der Waals surface area contributed by atoms with Crippen molar-refractivity contribution in [1.82, 2.24) is 5.32 Å². The number of fused-ring (bicyclic) bond motifs is 1. The van der Waals surface area contributed by atoms with Crippen molar-refractivity contribution < 1.29 is 8.81 Å². The third-order valence-corrected chi connectivity index (χ3v) is 3.76. The zero-order valence-electron chi connectivity index (χ0n) is 9.87. The second-order valence-corrected chi connectivity index (χ2v) is 4.91. The number of nitrogens with one attached hydrogen (secondary N) is 1. The van der Waals surface area contributed by atoms with Crippen LogP contribution in [0, 0.1) is 11.7 Å². The Balaban J connectivity index is 2.04. The lowest BCUT2D eigenvalue weighted by molar-refractivity contribution is 0.349. The maximum atomic E-state index is 13.9. The zero-order valence-corrected chi connectivity index (χ0v) is 9.87. The summed E-state index contributed by atoms with van der Waals surface area (Å²) in [5, 5.41) is 3.94. The van der Waals surface area contributed by atoms with Gasteiger partial charge in [-0.3, -0.25) is 0 Å². The number of rotatable bonds is 1. The number of hydrogen-bond donors (Lipinski definition) is 1. The van der Waals surface area contributed by atoms with Crippen molar-refractivity contribution >= 4 is 11.0 Å². The third-order valence-electron chi connectivity index (χ3n) is 3.76. The molecule has 3 rings (SSSR count). The van der Waals surface area contributed by atoms with Crippen LogP contribution in [0.5, 0.6) is 0 Å². The molecule has 3 heteroatoms. The van der Waals surface area contributed by atoms with Gasteiger partial charge in [0.05, 0.1) is 11.6 Å². The lowest BCUT2D eigenvalue weighted by Gasteiger charge is -2.29. The topological polar surface area (TPSA) is 25.2 Å². The largest absolute Gasteiger partial charge is 0.464 e. The highest BCUT2D eigenvalue weighted by Gasteiger charge is 2.24. The predicted molar refractivity (Wildman–Crippen MR) is 65.6 cm³/mol. The highest BCUT2D eigenvalue weighted by atomic mass is 19.1. The summed E-state index contributed by atoms with van der Waals surface area (Å²) in [6.45, 7) is 4.22. The summed E-state index contributed by atoms with van der Waals surface area (Å²) in [6.07, 6.45) is 2.61. The van der Waals surface area contributed by atoms with Crippen LogP contribution in [0.1, 0.15) is 24.8 Å². The fourth-order valence-corrected chi connectivity index (χ4v) is 2.77. The van der Waals surface area contributed by atoms with E-state index in [2.05, 4.69) is 12.2 Å². The van der Waals surface area contributed by atoms with E-state index in [4.69, 9.17) is 4.42 Å². The van der Waals surface area contributed by atoms with E-state index in [1.54, 1.807) is 18.4 Å². The lowest BCUT2D eigenvalue weighted by Crippen LogP contribution is -2.33. The maximum absolute atomic E-state index is 13.9. The number of hydrogen-bond acceptors (Lipinski definition) is 2. The Labute approximate surface area is 99.8 Å². The van der Waals surface area contributed by atoms with Crippen LogP contribution in [0.15, 0.2) is 28.9 Å². The lowest BCUT2D eigenvalue weighted by atomic mass is 9.82. The second-order valence-electron chi connectivity index (χ2n) is 4.91. The fourth-order valence-electron chi connectivity index (χ4n) is 2.77. The summed E-state index contributed by atoms with van der Waals surface area (Å²) in [5.41, 5.74) is 1.73. The van der Waals surface area contributed by atoms with Gasteiger partial charge in [0, 0.05) is 0 Å². The molecule has 1 aliphatic rings. The molecule has 2 atom stereocenters. The van der Waals surface area contributed by atoms with Gasteiger partial charge in [0.25, 0.3) is 0 Å². The summed E-state index contributed by atoms with van der Waals surface area (Å²) in [4.78, 5) is 0. The molecule has 1 N–H and O–H groups in total. The van der Waals surface area contributed by atoms with Crippen molar-refractivity contribution in [2.75, 3.05) is 13.1 Å². The van der Waals surface area contributed by atoms with E-state index in [1.165, 1.54) is 0 Å². The molecule has 0 bridgehead atoms. The number of furan rings is 1. The molecule has 2 aromatic rings. The van der Waals surface area contributed by atoms with Crippen LogP contribution in [0.2, 0.25) is 0 Å². The molecule has 0 aliphatic carbocycles. The van der Waals surface area contributed by atoms with Crippen LogP contribution >= 0.6 is 0 Å². The van der Waals surface area contributed by atoms with Crippen LogP contribution in [-0.2, 0) is 0 Å². The van der Waals surface area contributed by atoms with E-state index < -0.39 is 0 Å². The highest BCUT2D eigenvalue weighted by Crippen LogP contribution is 2.33. The van der Waals surface area contributed by atoms with Gasteiger partial charge in [0.15, 0.2) is 0 Å². The molecule has 0 unspecified atom stereocenters. The minimum atomic E-state index is -0.169. The molecule has 17 heavy (non-hydrogen) atoms. The van der Waals surface area contributed by atoms with E-state index >= 15 is 0 Å². The maximum Gasteiger partial charge on any atom is 0.137 e. The van der Waals surface area contributed by atoms with Crippen LogP contribution in [-0.4, -0.2) is 13.1 Å². The molecule has 0 radical (unpaired) electrons. The molecule has 0 spiro atoms. The standard InChI is InChI=1S/C14H16FNO/c1-9-8-16-4-2-11(9)10-6-13(15)12-3-5-17-14(12)7-10/h3,5-7,9,11,16H,2,4,8H2,1H3/t9-,11+/m0/s1. The summed E-state index contributed by atoms with van der Waals surface area (Å²) in [7, 11) is 0. The number of benzene rings is 1. The van der Waals surface area contributed by atoms with E-state index in [0.29, 0.717) is 22.8 Å². The molecule has 0 saturated carbocycles. The van der Waals surface area contributed by atoms with Crippen molar-refractivity contribution in [3.63, 3.8) is 0 Å². The Bertz CT molecular complexity index is 534. The molecule has 1 fully saturated rings. The summed E-state index contributed by atoms with van der Waals surface area (Å²) in [6, 6.07) is 5.34. The zero-order chi connectivity index (χ0) is 11.8. The summed E-state index contributed by atoms with van der Waals surface area (Å²) < 4.78 is 19.2. The normalized spacial score (nSPS) is 25.3. The molecular formula is C14H16FNO. The quantitative estimate of drug-likeness (QED) is 0.817. The van der Waals surface area contributed by atoms with Crippen molar-refractivity contribution in [3.8, 4) is 0 Å². The first-order valence-electron chi connectivity index (χ1n) is 6.13. The second kappa shape index (κ2) is 4.15. The molecule has 1 aromatic carbocycles. The van der Waals surface area contributed by atoms with Gasteiger partial charge in [-0.1, -0.05) is 6.92 Å². The first kappa shape index (κ1) is 10.8. The third kappa shape index (κ3) is 1.84. The van der Waals surface area contributed by atoms with Crippen molar-refractivity contribution in [2.45, 2.75) is 19.3 Å². The molecular weight excluding hydrogens is 217 g/mol. The molecule has 1 aliphatic heterocycles. The average molecular weight is 233 g/mol. The van der Waals surface area contributed by atoms with Crippen molar-refractivity contribution in [3.05, 3.63) is 35.8 Å². The van der Waals surface area contributed by atoms with Crippen LogP contribution < -0.4 is 5.32 Å². The van der Waals surface area contributed by atoms with Gasteiger partial charge in [-0.25, -0.2) is 4.39 Å². The van der Waals surface area contributed by atoms with Gasteiger partial charge in [0.2, 0.25) is 0 Å². The van der Waals surface area contributed by atoms with E-state index in [0.717, 1.165) is 25.1 Å². The number of halogens is 1. The first-order valence-corrected chi connectivity index (χ1v) is 6.13. The minimum Gasteiger partial charge on any atom is -0.464 e. The van der Waals surface area contributed by atoms with E-state index in [-0.39, 0.29) is 5.82 Å². The van der Waals surface area contributed by atoms with Crippen LogP contribution in [0.3, 0.4) is 0 Å². The van der Waals surface area contributed by atoms with Crippen molar-refractivity contribution in [2.24, 2.45) is 5.92 Å². The first-order chi connectivity index (χ1) is 8.25. The SMILES string of the molecule is C[C@H]1CNCC[C@H]1c1cc(F)c2ccoc2c1. The Morgan fingerprint density at radius 3 is 3.12 bits per heavy atom. The van der Waals surface area contributed by atoms with Gasteiger partial charge < -0.3 is 9.73 Å². The minimum absolute atomic E-state index is 0.169. The molecule has 0 amide bonds. The monoisotopic (exact) mass is 233 g/mol. The average Bonchev–Trinajstić information content (AvgIpc) is 2.78. The Kier molecular flexibility index (Phi) is 2.63. The van der Waals surface area contributed by atoms with Crippen molar-refractivity contribution in [1.29, 1.82) is 0 Å². The van der Waals surface area contributed by atoms with Crippen LogP contribution in [0.4, 0.5) is 4.39 Å². The molecule has 2 heterocycles. The van der Waals surface area contributed by atoms with Crippen LogP contribution in [0.25, 0.3) is 11.0 Å². The van der Waals surface area contributed by atoms with Gasteiger partial charge >= 0.3 is 0 Å². The Morgan fingerprint density at radius 2 is 2.29 bits per heavy atom. The molecule has 1 aromatic heterocycles. The number of piperidine rings is 1. The van der Waals surface area contributed by atoms with Gasteiger partial charge in [-0.15, -0.1) is 0 Å². The van der Waals surface area contributed by atoms with E-state index in [1.807, 2.05) is 6.07 Å². The van der Waals surface area contributed by atoms with Gasteiger partial charge in [0.1, 0.15) is 11.4 Å². The van der Waals surface area contributed by atoms with Gasteiger partial charge in [-0.2, -0.15) is 0 Å². The van der Waals surface area contributed by atoms with E-state index in [9.17, 15) is 4.39 Å².